The molecule has 1 aliphatic heterocycles. The molecular formula is C19H22N2O2. The van der Waals surface area contributed by atoms with Gasteiger partial charge in [-0.05, 0) is 42.5 Å². The van der Waals surface area contributed by atoms with Gasteiger partial charge in [-0.25, -0.2) is 0 Å². The smallest absolute Gasteiger partial charge is 0.243 e. The first-order valence-electron chi connectivity index (χ1n) is 8.23. The van der Waals surface area contributed by atoms with E-state index in [0.29, 0.717) is 25.9 Å². The first-order chi connectivity index (χ1) is 11.2. The Morgan fingerprint density at radius 1 is 1.26 bits per heavy atom. The third kappa shape index (κ3) is 2.96. The topological polar surface area (TPSA) is 53.3 Å². The molecule has 1 aliphatic carbocycles. The summed E-state index contributed by atoms with van der Waals surface area (Å²) in [6.45, 7) is 1.30. The molecule has 1 aromatic carbocycles. The molecule has 120 valence electrons. The van der Waals surface area contributed by atoms with Crippen molar-refractivity contribution in [1.29, 1.82) is 5.26 Å². The standard InChI is InChI=1S/C19H22N2O2/c1-23-17-6-4-15(5-7-17)16-8-12-21(13-9-16)18(22)19(14-20)10-2-3-11-19/h4-8H,2-3,9-13H2,1H3. The van der Waals surface area contributed by atoms with E-state index in [1.54, 1.807) is 7.11 Å². The second-order valence-electron chi connectivity index (χ2n) is 6.36. The van der Waals surface area contributed by atoms with Gasteiger partial charge < -0.3 is 9.64 Å². The maximum absolute atomic E-state index is 12.7. The molecule has 0 bridgehead atoms. The van der Waals surface area contributed by atoms with Crippen LogP contribution in [0.3, 0.4) is 0 Å². The van der Waals surface area contributed by atoms with E-state index in [9.17, 15) is 10.1 Å². The summed E-state index contributed by atoms with van der Waals surface area (Å²) in [6, 6.07) is 10.3. The van der Waals surface area contributed by atoms with Crippen molar-refractivity contribution in [3.05, 3.63) is 35.9 Å². The highest BCUT2D eigenvalue weighted by Crippen LogP contribution is 2.39. The molecule has 0 saturated heterocycles. The summed E-state index contributed by atoms with van der Waals surface area (Å²) in [7, 11) is 1.66. The molecule has 1 amide bonds. The maximum Gasteiger partial charge on any atom is 0.243 e. The van der Waals surface area contributed by atoms with Crippen LogP contribution >= 0.6 is 0 Å². The Morgan fingerprint density at radius 3 is 2.48 bits per heavy atom. The van der Waals surface area contributed by atoms with Crippen molar-refractivity contribution >= 4 is 11.5 Å². The third-order valence-electron chi connectivity index (χ3n) is 5.04. The molecule has 23 heavy (non-hydrogen) atoms. The lowest BCUT2D eigenvalue weighted by molar-refractivity contribution is -0.138. The molecule has 3 rings (SSSR count). The Hall–Kier alpha value is -2.28. The highest BCUT2D eigenvalue weighted by Gasteiger charge is 2.44. The lowest BCUT2D eigenvalue weighted by Gasteiger charge is -2.32. The van der Waals surface area contributed by atoms with Crippen LogP contribution < -0.4 is 4.74 Å². The number of nitriles is 1. The first-order valence-corrected chi connectivity index (χ1v) is 8.23. The van der Waals surface area contributed by atoms with E-state index in [-0.39, 0.29) is 5.91 Å². The van der Waals surface area contributed by atoms with Crippen LogP contribution in [0.1, 0.15) is 37.7 Å². The fraction of sp³-hybridized carbons (Fsp3) is 0.474. The van der Waals surface area contributed by atoms with Gasteiger partial charge in [-0.2, -0.15) is 5.26 Å². The fourth-order valence-electron chi connectivity index (χ4n) is 3.58. The number of hydrogen-bond acceptors (Lipinski definition) is 3. The van der Waals surface area contributed by atoms with Crippen LogP contribution in [0.25, 0.3) is 5.57 Å². The van der Waals surface area contributed by atoms with Crippen molar-refractivity contribution in [3.63, 3.8) is 0 Å². The Labute approximate surface area is 137 Å². The minimum absolute atomic E-state index is 0.0301. The molecule has 0 aromatic heterocycles. The zero-order valence-electron chi connectivity index (χ0n) is 13.5. The first kappa shape index (κ1) is 15.6. The number of hydrogen-bond donors (Lipinski definition) is 0. The van der Waals surface area contributed by atoms with Gasteiger partial charge in [0, 0.05) is 13.1 Å². The zero-order valence-corrected chi connectivity index (χ0v) is 13.5. The van der Waals surface area contributed by atoms with E-state index in [1.165, 1.54) is 11.1 Å². The zero-order chi connectivity index (χ0) is 16.3. The molecular weight excluding hydrogens is 288 g/mol. The van der Waals surface area contributed by atoms with Crippen molar-refractivity contribution in [3.8, 4) is 11.8 Å². The van der Waals surface area contributed by atoms with Gasteiger partial charge in [0.1, 0.15) is 11.2 Å². The second kappa shape index (κ2) is 6.45. The maximum atomic E-state index is 12.7. The number of nitrogens with zero attached hydrogens (tertiary/aromatic N) is 2. The molecule has 1 heterocycles. The molecule has 0 spiro atoms. The normalized spacial score (nSPS) is 19.8. The van der Waals surface area contributed by atoms with Crippen LogP contribution in [0.4, 0.5) is 0 Å². The summed E-state index contributed by atoms with van der Waals surface area (Å²) in [5.41, 5.74) is 1.67. The molecule has 4 nitrogen and oxygen atoms in total. The average Bonchev–Trinajstić information content (AvgIpc) is 3.12. The predicted octanol–water partition coefficient (Wildman–Crippen LogP) is 3.39. The Morgan fingerprint density at radius 2 is 1.96 bits per heavy atom. The molecule has 2 aliphatic rings. The molecule has 1 aromatic rings. The SMILES string of the molecule is COc1ccc(C2=CCN(C(=O)C3(C#N)CCCC3)CC2)cc1. The van der Waals surface area contributed by atoms with Gasteiger partial charge in [0.15, 0.2) is 0 Å². The number of ether oxygens (including phenoxy) is 1. The van der Waals surface area contributed by atoms with Gasteiger partial charge in [0.05, 0.1) is 13.2 Å². The second-order valence-corrected chi connectivity index (χ2v) is 6.36. The third-order valence-corrected chi connectivity index (χ3v) is 5.04. The van der Waals surface area contributed by atoms with Gasteiger partial charge in [0.25, 0.3) is 0 Å². The molecule has 4 heteroatoms. The van der Waals surface area contributed by atoms with Gasteiger partial charge in [0.2, 0.25) is 5.91 Å². The number of methoxy groups -OCH3 is 1. The van der Waals surface area contributed by atoms with Crippen molar-refractivity contribution in [1.82, 2.24) is 4.90 Å². The molecule has 0 radical (unpaired) electrons. The molecule has 0 N–H and O–H groups in total. The van der Waals surface area contributed by atoms with Crippen LogP contribution in [-0.4, -0.2) is 31.0 Å². The van der Waals surface area contributed by atoms with Crippen LogP contribution in [0.2, 0.25) is 0 Å². The van der Waals surface area contributed by atoms with Gasteiger partial charge in [-0.3, -0.25) is 4.79 Å². The highest BCUT2D eigenvalue weighted by atomic mass is 16.5. The monoisotopic (exact) mass is 310 g/mol. The fourth-order valence-corrected chi connectivity index (χ4v) is 3.58. The molecule has 0 atom stereocenters. The molecule has 1 saturated carbocycles. The minimum Gasteiger partial charge on any atom is -0.497 e. The predicted molar refractivity (Wildman–Crippen MR) is 88.7 cm³/mol. The lowest BCUT2D eigenvalue weighted by atomic mass is 9.85. The van der Waals surface area contributed by atoms with Gasteiger partial charge in [-0.1, -0.05) is 31.1 Å². The number of amides is 1. The summed E-state index contributed by atoms with van der Waals surface area (Å²) in [5, 5.41) is 9.47. The van der Waals surface area contributed by atoms with Crippen LogP contribution in [-0.2, 0) is 4.79 Å². The van der Waals surface area contributed by atoms with Crippen molar-refractivity contribution in [2.24, 2.45) is 5.41 Å². The average molecular weight is 310 g/mol. The van der Waals surface area contributed by atoms with Crippen molar-refractivity contribution < 1.29 is 9.53 Å². The molecule has 0 unspecified atom stereocenters. The van der Waals surface area contributed by atoms with E-state index in [0.717, 1.165) is 25.0 Å². The Balaban J connectivity index is 1.70. The summed E-state index contributed by atoms with van der Waals surface area (Å²) in [5.74, 6) is 0.877. The summed E-state index contributed by atoms with van der Waals surface area (Å²) in [4.78, 5) is 14.6. The summed E-state index contributed by atoms with van der Waals surface area (Å²) < 4.78 is 5.18. The number of carbonyl (C=O) groups is 1. The quantitative estimate of drug-likeness (QED) is 0.860. The summed E-state index contributed by atoms with van der Waals surface area (Å²) in [6.07, 6.45) is 6.35. The largest absolute Gasteiger partial charge is 0.497 e. The summed E-state index contributed by atoms with van der Waals surface area (Å²) >= 11 is 0. The Kier molecular flexibility index (Phi) is 4.38. The van der Waals surface area contributed by atoms with E-state index >= 15 is 0 Å². The van der Waals surface area contributed by atoms with Crippen molar-refractivity contribution in [2.75, 3.05) is 20.2 Å². The van der Waals surface area contributed by atoms with E-state index in [2.05, 4.69) is 24.3 Å². The lowest BCUT2D eigenvalue weighted by Crippen LogP contribution is -2.43. The minimum atomic E-state index is -0.758. The molecule has 1 fully saturated rings. The number of rotatable bonds is 3. The van der Waals surface area contributed by atoms with E-state index in [1.807, 2.05) is 17.0 Å². The van der Waals surface area contributed by atoms with Crippen molar-refractivity contribution in [2.45, 2.75) is 32.1 Å². The highest BCUT2D eigenvalue weighted by molar-refractivity contribution is 5.86. The number of benzene rings is 1. The van der Waals surface area contributed by atoms with Gasteiger partial charge >= 0.3 is 0 Å². The van der Waals surface area contributed by atoms with Crippen LogP contribution in [0, 0.1) is 16.7 Å². The van der Waals surface area contributed by atoms with Crippen LogP contribution in [0.15, 0.2) is 30.3 Å². The van der Waals surface area contributed by atoms with E-state index < -0.39 is 5.41 Å². The number of carbonyl (C=O) groups excluding carboxylic acids is 1. The van der Waals surface area contributed by atoms with E-state index in [4.69, 9.17) is 4.74 Å². The van der Waals surface area contributed by atoms with Gasteiger partial charge in [-0.15, -0.1) is 0 Å². The van der Waals surface area contributed by atoms with Crippen LogP contribution in [0.5, 0.6) is 5.75 Å². The Bertz CT molecular complexity index is 649.